The van der Waals surface area contributed by atoms with Gasteiger partial charge in [0, 0.05) is 16.3 Å². The number of nitrogens with zero attached hydrogens (tertiary/aromatic N) is 1. The van der Waals surface area contributed by atoms with Crippen molar-refractivity contribution in [3.05, 3.63) is 59.7 Å². The summed E-state index contributed by atoms with van der Waals surface area (Å²) in [5.41, 5.74) is 10.1. The van der Waals surface area contributed by atoms with E-state index in [0.29, 0.717) is 5.96 Å². The first-order chi connectivity index (χ1) is 9.71. The van der Waals surface area contributed by atoms with Gasteiger partial charge in [0.2, 0.25) is 0 Å². The van der Waals surface area contributed by atoms with Gasteiger partial charge in [0.15, 0.2) is 5.96 Å². The topological polar surface area (TPSA) is 50.4 Å². The normalized spacial score (nSPS) is 11.4. The van der Waals surface area contributed by atoms with E-state index in [1.807, 2.05) is 48.5 Å². The van der Waals surface area contributed by atoms with Crippen molar-refractivity contribution < 1.29 is 0 Å². The second-order valence-corrected chi connectivity index (χ2v) is 5.37. The SMILES string of the molecule is NC(=Nc1ccc(CBr)cc1)Nc1ccc(CBr)cc1. The number of rotatable bonds is 4. The summed E-state index contributed by atoms with van der Waals surface area (Å²) in [6.07, 6.45) is 0. The summed E-state index contributed by atoms with van der Waals surface area (Å²) >= 11 is 6.83. The third-order valence-electron chi connectivity index (χ3n) is 2.72. The summed E-state index contributed by atoms with van der Waals surface area (Å²) in [5, 5.41) is 4.76. The highest BCUT2D eigenvalue weighted by molar-refractivity contribution is 9.08. The van der Waals surface area contributed by atoms with Crippen LogP contribution in [-0.4, -0.2) is 5.96 Å². The molecule has 0 unspecified atom stereocenters. The Bertz CT molecular complexity index is 577. The van der Waals surface area contributed by atoms with Crippen LogP contribution in [-0.2, 0) is 10.7 Å². The van der Waals surface area contributed by atoms with Crippen molar-refractivity contribution in [1.82, 2.24) is 0 Å². The van der Waals surface area contributed by atoms with Crippen LogP contribution in [0.15, 0.2) is 53.5 Å². The van der Waals surface area contributed by atoms with Gasteiger partial charge in [-0.05, 0) is 35.4 Å². The summed E-state index contributed by atoms with van der Waals surface area (Å²) in [7, 11) is 0. The molecule has 0 spiro atoms. The maximum absolute atomic E-state index is 5.90. The number of hydrogen-bond acceptors (Lipinski definition) is 1. The molecular weight excluding hydrogens is 382 g/mol. The van der Waals surface area contributed by atoms with Crippen LogP contribution in [0, 0.1) is 0 Å². The molecule has 0 saturated heterocycles. The van der Waals surface area contributed by atoms with E-state index in [1.54, 1.807) is 0 Å². The fraction of sp³-hybridized carbons (Fsp3) is 0.133. The average Bonchev–Trinajstić information content (AvgIpc) is 2.49. The number of nitrogens with two attached hydrogens (primary N) is 1. The third-order valence-corrected chi connectivity index (χ3v) is 4.02. The Morgan fingerprint density at radius 2 is 1.40 bits per heavy atom. The van der Waals surface area contributed by atoms with E-state index in [4.69, 9.17) is 5.73 Å². The first-order valence-corrected chi connectivity index (χ1v) is 8.36. The van der Waals surface area contributed by atoms with Gasteiger partial charge in [-0.2, -0.15) is 0 Å². The lowest BCUT2D eigenvalue weighted by Crippen LogP contribution is -2.21. The molecule has 2 aromatic rings. The predicted molar refractivity (Wildman–Crippen MR) is 93.1 cm³/mol. The van der Waals surface area contributed by atoms with E-state index in [2.05, 4.69) is 42.2 Å². The van der Waals surface area contributed by atoms with Crippen LogP contribution in [0.1, 0.15) is 11.1 Å². The van der Waals surface area contributed by atoms with Crippen LogP contribution >= 0.6 is 31.9 Å². The summed E-state index contributed by atoms with van der Waals surface area (Å²) in [4.78, 5) is 4.33. The van der Waals surface area contributed by atoms with E-state index >= 15 is 0 Å². The monoisotopic (exact) mass is 395 g/mol. The van der Waals surface area contributed by atoms with E-state index in [0.717, 1.165) is 22.0 Å². The quantitative estimate of drug-likeness (QED) is 0.453. The smallest absolute Gasteiger partial charge is 0.198 e. The van der Waals surface area contributed by atoms with Gasteiger partial charge in [0.25, 0.3) is 0 Å². The average molecular weight is 397 g/mol. The number of anilines is 1. The Morgan fingerprint density at radius 1 is 0.900 bits per heavy atom. The molecule has 2 rings (SSSR count). The standard InChI is InChI=1S/C15H15Br2N3/c16-9-11-1-5-13(6-2-11)19-15(18)20-14-7-3-12(10-17)4-8-14/h1-8H,9-10H2,(H3,18,19,20). The zero-order valence-electron chi connectivity index (χ0n) is 10.8. The number of halogens is 2. The molecule has 0 aliphatic rings. The molecule has 0 saturated carbocycles. The third kappa shape index (κ3) is 4.35. The largest absolute Gasteiger partial charge is 0.369 e. The highest BCUT2D eigenvalue weighted by Crippen LogP contribution is 2.16. The molecule has 0 radical (unpaired) electrons. The van der Waals surface area contributed by atoms with Crippen molar-refractivity contribution in [2.75, 3.05) is 5.32 Å². The van der Waals surface area contributed by atoms with Crippen LogP contribution in [0.2, 0.25) is 0 Å². The Balaban J connectivity index is 2.05. The van der Waals surface area contributed by atoms with Crippen LogP contribution < -0.4 is 11.1 Å². The number of hydrogen-bond donors (Lipinski definition) is 2. The van der Waals surface area contributed by atoms with Crippen LogP contribution in [0.25, 0.3) is 0 Å². The Labute approximate surface area is 135 Å². The van der Waals surface area contributed by atoms with E-state index in [9.17, 15) is 0 Å². The summed E-state index contributed by atoms with van der Waals surface area (Å²) in [6, 6.07) is 16.0. The molecule has 0 bridgehead atoms. The van der Waals surface area contributed by atoms with Crippen LogP contribution in [0.4, 0.5) is 11.4 Å². The molecule has 0 aromatic heterocycles. The molecule has 2 aromatic carbocycles. The molecule has 0 fully saturated rings. The van der Waals surface area contributed by atoms with Gasteiger partial charge in [-0.1, -0.05) is 56.1 Å². The van der Waals surface area contributed by atoms with Crippen molar-refractivity contribution in [2.24, 2.45) is 10.7 Å². The van der Waals surface area contributed by atoms with Crippen LogP contribution in [0.3, 0.4) is 0 Å². The van der Waals surface area contributed by atoms with Gasteiger partial charge >= 0.3 is 0 Å². The first kappa shape index (κ1) is 15.1. The number of nitrogens with one attached hydrogen (secondary N) is 1. The second kappa shape index (κ2) is 7.45. The number of guanidine groups is 1. The fourth-order valence-corrected chi connectivity index (χ4v) is 2.40. The molecule has 20 heavy (non-hydrogen) atoms. The molecule has 3 nitrogen and oxygen atoms in total. The van der Waals surface area contributed by atoms with Gasteiger partial charge in [0.1, 0.15) is 0 Å². The molecule has 0 aliphatic heterocycles. The van der Waals surface area contributed by atoms with Gasteiger partial charge in [-0.3, -0.25) is 0 Å². The minimum Gasteiger partial charge on any atom is -0.369 e. The Hall–Kier alpha value is -1.33. The Morgan fingerprint density at radius 3 is 1.90 bits per heavy atom. The number of alkyl halides is 2. The lowest BCUT2D eigenvalue weighted by Gasteiger charge is -2.06. The van der Waals surface area contributed by atoms with Crippen molar-refractivity contribution in [1.29, 1.82) is 0 Å². The number of aliphatic imine (C=N–C) groups is 1. The van der Waals surface area contributed by atoms with Crippen molar-refractivity contribution in [3.63, 3.8) is 0 Å². The molecular formula is C15H15Br2N3. The van der Waals surface area contributed by atoms with Crippen molar-refractivity contribution in [2.45, 2.75) is 10.7 Å². The first-order valence-electron chi connectivity index (χ1n) is 6.12. The molecule has 5 heteroatoms. The van der Waals surface area contributed by atoms with Crippen molar-refractivity contribution in [3.8, 4) is 0 Å². The number of benzene rings is 2. The lowest BCUT2D eigenvalue weighted by molar-refractivity contribution is 1.38. The van der Waals surface area contributed by atoms with Gasteiger partial charge in [0.05, 0.1) is 5.69 Å². The highest BCUT2D eigenvalue weighted by atomic mass is 79.9. The zero-order valence-corrected chi connectivity index (χ0v) is 14.0. The fourth-order valence-electron chi connectivity index (χ4n) is 1.65. The van der Waals surface area contributed by atoms with Gasteiger partial charge < -0.3 is 11.1 Å². The molecule has 0 heterocycles. The molecule has 0 atom stereocenters. The minimum atomic E-state index is 0.378. The minimum absolute atomic E-state index is 0.378. The second-order valence-electron chi connectivity index (χ2n) is 4.25. The maximum atomic E-state index is 5.90. The maximum Gasteiger partial charge on any atom is 0.198 e. The lowest BCUT2D eigenvalue weighted by atomic mass is 10.2. The zero-order chi connectivity index (χ0) is 14.4. The highest BCUT2D eigenvalue weighted by Gasteiger charge is 1.97. The summed E-state index contributed by atoms with van der Waals surface area (Å²) < 4.78 is 0. The summed E-state index contributed by atoms with van der Waals surface area (Å²) in [6.45, 7) is 0. The van der Waals surface area contributed by atoms with Gasteiger partial charge in [-0.25, -0.2) is 4.99 Å². The van der Waals surface area contributed by atoms with E-state index in [-0.39, 0.29) is 0 Å². The Kier molecular flexibility index (Phi) is 5.61. The van der Waals surface area contributed by atoms with E-state index < -0.39 is 0 Å². The van der Waals surface area contributed by atoms with Crippen LogP contribution in [0.5, 0.6) is 0 Å². The molecule has 0 amide bonds. The van der Waals surface area contributed by atoms with E-state index in [1.165, 1.54) is 11.1 Å². The molecule has 104 valence electrons. The predicted octanol–water partition coefficient (Wildman–Crippen LogP) is 4.53. The molecule has 3 N–H and O–H groups in total. The molecule has 0 aliphatic carbocycles. The van der Waals surface area contributed by atoms with Crippen molar-refractivity contribution >= 4 is 49.2 Å². The summed E-state index contributed by atoms with van der Waals surface area (Å²) in [5.74, 6) is 0.378. The van der Waals surface area contributed by atoms with Gasteiger partial charge in [-0.15, -0.1) is 0 Å².